The first-order valence-corrected chi connectivity index (χ1v) is 17.8. The first kappa shape index (κ1) is 30.2. The van der Waals surface area contributed by atoms with Gasteiger partial charge in [-0.3, -0.25) is 0 Å². The highest BCUT2D eigenvalue weighted by Crippen LogP contribution is 2.43. The van der Waals surface area contributed by atoms with E-state index in [0.717, 1.165) is 12.8 Å². The van der Waals surface area contributed by atoms with Crippen molar-refractivity contribution in [1.82, 2.24) is 0 Å². The zero-order chi connectivity index (χ0) is 33.4. The summed E-state index contributed by atoms with van der Waals surface area (Å²) in [5, 5.41) is 5.14. The Bertz CT molecular complexity index is 2430. The number of para-hydroxylation sites is 1. The van der Waals surface area contributed by atoms with E-state index in [1.807, 2.05) is 0 Å². The Morgan fingerprint density at radius 3 is 2.08 bits per heavy atom. The predicted molar refractivity (Wildman–Crippen MR) is 215 cm³/mol. The summed E-state index contributed by atoms with van der Waals surface area (Å²) >= 11 is 0. The van der Waals surface area contributed by atoms with Crippen molar-refractivity contribution in [3.05, 3.63) is 198 Å². The molecule has 0 spiro atoms. The van der Waals surface area contributed by atoms with Gasteiger partial charge in [0.25, 0.3) is 0 Å². The summed E-state index contributed by atoms with van der Waals surface area (Å²) in [7, 11) is 0. The molecule has 0 heterocycles. The summed E-state index contributed by atoms with van der Waals surface area (Å²) in [6.45, 7) is 2.35. The maximum atomic E-state index is 2.55. The number of benzene rings is 7. The lowest BCUT2D eigenvalue weighted by molar-refractivity contribution is 0.769. The van der Waals surface area contributed by atoms with E-state index in [2.05, 4.69) is 194 Å². The van der Waals surface area contributed by atoms with Gasteiger partial charge in [0, 0.05) is 11.4 Å². The topological polar surface area (TPSA) is 3.24 Å². The fourth-order valence-corrected chi connectivity index (χ4v) is 8.14. The Morgan fingerprint density at radius 2 is 1.24 bits per heavy atom. The minimum absolute atomic E-state index is 0.0976. The van der Waals surface area contributed by atoms with E-state index in [9.17, 15) is 0 Å². The van der Waals surface area contributed by atoms with Crippen molar-refractivity contribution in [3.8, 4) is 11.1 Å². The van der Waals surface area contributed by atoms with Crippen molar-refractivity contribution in [2.24, 2.45) is 0 Å². The molecule has 7 aromatic rings. The quantitative estimate of drug-likeness (QED) is 0.163. The van der Waals surface area contributed by atoms with Gasteiger partial charge in [-0.05, 0) is 115 Å². The first-order valence-electron chi connectivity index (χ1n) is 17.8. The lowest BCUT2D eigenvalue weighted by atomic mass is 9.80. The number of nitrogens with zero attached hydrogens (tertiary/aromatic N) is 1. The molecule has 0 bridgehead atoms. The highest BCUT2D eigenvalue weighted by molar-refractivity contribution is 6.08. The average molecular weight is 642 g/mol. The van der Waals surface area contributed by atoms with Gasteiger partial charge in [0.1, 0.15) is 0 Å². The normalized spacial score (nSPS) is 16.9. The maximum absolute atomic E-state index is 2.55. The smallest absolute Gasteiger partial charge is 0.0637 e. The number of hydrogen-bond donors (Lipinski definition) is 0. The van der Waals surface area contributed by atoms with Crippen LogP contribution < -0.4 is 4.90 Å². The van der Waals surface area contributed by atoms with Gasteiger partial charge in [0.05, 0.1) is 6.04 Å². The highest BCUT2D eigenvalue weighted by atomic mass is 15.2. The molecule has 9 rings (SSSR count). The van der Waals surface area contributed by atoms with Gasteiger partial charge >= 0.3 is 0 Å². The molecule has 2 atom stereocenters. The molecule has 2 aliphatic carbocycles. The molecule has 0 radical (unpaired) electrons. The zero-order valence-corrected chi connectivity index (χ0v) is 28.3. The molecule has 0 fully saturated rings. The Kier molecular flexibility index (Phi) is 7.75. The van der Waals surface area contributed by atoms with Gasteiger partial charge in [0.15, 0.2) is 0 Å². The molecule has 1 heteroatoms. The summed E-state index contributed by atoms with van der Waals surface area (Å²) in [6, 6.07) is 58.0. The van der Waals surface area contributed by atoms with Crippen LogP contribution in [0.1, 0.15) is 47.9 Å². The molecule has 50 heavy (non-hydrogen) atoms. The number of fused-ring (bicyclic) bond motifs is 4. The summed E-state index contributed by atoms with van der Waals surface area (Å²) in [5.41, 5.74) is 13.0. The lowest BCUT2D eigenvalue weighted by Gasteiger charge is -2.38. The monoisotopic (exact) mass is 641 g/mol. The van der Waals surface area contributed by atoms with Gasteiger partial charge in [-0.1, -0.05) is 159 Å². The number of anilines is 2. The number of allylic oxidation sites excluding steroid dienone is 3. The van der Waals surface area contributed by atoms with Crippen molar-refractivity contribution in [1.29, 1.82) is 0 Å². The molecule has 0 aliphatic heterocycles. The Morgan fingerprint density at radius 1 is 0.540 bits per heavy atom. The van der Waals surface area contributed by atoms with E-state index >= 15 is 0 Å². The van der Waals surface area contributed by atoms with Gasteiger partial charge in [0.2, 0.25) is 0 Å². The fraction of sp³-hybridized carbons (Fsp3) is 0.102. The van der Waals surface area contributed by atoms with Crippen LogP contribution in [0.3, 0.4) is 0 Å². The minimum atomic E-state index is 0.0976. The molecule has 2 aliphatic rings. The summed E-state index contributed by atoms with van der Waals surface area (Å²) in [5.74, 6) is 0.534. The molecule has 0 saturated carbocycles. The second kappa shape index (κ2) is 12.8. The van der Waals surface area contributed by atoms with Crippen LogP contribution in [-0.4, -0.2) is 6.04 Å². The summed E-state index contributed by atoms with van der Waals surface area (Å²) < 4.78 is 0. The van der Waals surface area contributed by atoms with Crippen LogP contribution in [0.2, 0.25) is 0 Å². The van der Waals surface area contributed by atoms with Crippen molar-refractivity contribution in [2.75, 3.05) is 4.90 Å². The van der Waals surface area contributed by atoms with Crippen LogP contribution in [0, 0.1) is 0 Å². The van der Waals surface area contributed by atoms with E-state index < -0.39 is 0 Å². The number of hydrogen-bond acceptors (Lipinski definition) is 1. The minimum Gasteiger partial charge on any atom is -0.334 e. The average Bonchev–Trinajstić information content (AvgIpc) is 3.19. The molecule has 0 amide bonds. The summed E-state index contributed by atoms with van der Waals surface area (Å²) in [6.07, 6.45) is 11.4. The summed E-state index contributed by atoms with van der Waals surface area (Å²) in [4.78, 5) is 2.55. The fourth-order valence-electron chi connectivity index (χ4n) is 8.14. The van der Waals surface area contributed by atoms with E-state index in [1.165, 1.54) is 77.4 Å². The largest absolute Gasteiger partial charge is 0.334 e. The standard InChI is InChI=1S/C49H39N/c1-34-12-10-21-48-43(34)19-11-20-45(48)40-27-31-47(36-13-4-2-5-14-36)49(33-40)50(41-16-6-3-7-17-41)42-28-24-35(25-29-42)38-26-30-46-39(32-38)23-22-37-15-8-9-18-44(37)46/h2-11,13-32,34,49H,12,33H2,1H3. The Balaban J connectivity index is 1.13. The lowest BCUT2D eigenvalue weighted by Crippen LogP contribution is -2.34. The first-order chi connectivity index (χ1) is 24.7. The van der Waals surface area contributed by atoms with Crippen LogP contribution in [0.15, 0.2) is 176 Å². The van der Waals surface area contributed by atoms with Crippen LogP contribution in [0.5, 0.6) is 0 Å². The third-order valence-electron chi connectivity index (χ3n) is 10.7. The SMILES string of the molecule is CC1CC=Cc2c(C3=CC=C(c4ccccc4)C(N(c4ccccc4)c4ccc(-c5ccc6c(ccc7ccccc76)c5)cc4)C3)cccc21. The second-order valence-electron chi connectivity index (χ2n) is 13.7. The zero-order valence-electron chi connectivity index (χ0n) is 28.3. The Hall–Kier alpha value is -5.92. The van der Waals surface area contributed by atoms with Crippen molar-refractivity contribution >= 4 is 50.1 Å². The van der Waals surface area contributed by atoms with Crippen LogP contribution >= 0.6 is 0 Å². The van der Waals surface area contributed by atoms with Crippen molar-refractivity contribution in [2.45, 2.75) is 31.7 Å². The molecule has 0 saturated heterocycles. The van der Waals surface area contributed by atoms with E-state index in [-0.39, 0.29) is 6.04 Å². The van der Waals surface area contributed by atoms with Gasteiger partial charge in [-0.2, -0.15) is 0 Å². The third kappa shape index (κ3) is 5.46. The number of rotatable bonds is 6. The van der Waals surface area contributed by atoms with Crippen molar-refractivity contribution < 1.29 is 0 Å². The molecule has 0 aromatic heterocycles. The van der Waals surface area contributed by atoms with Gasteiger partial charge in [-0.15, -0.1) is 0 Å². The molecule has 1 nitrogen and oxygen atoms in total. The maximum Gasteiger partial charge on any atom is 0.0637 e. The molecular weight excluding hydrogens is 603 g/mol. The molecule has 2 unspecified atom stereocenters. The Labute approximate surface area is 295 Å². The third-order valence-corrected chi connectivity index (χ3v) is 10.7. The molecular formula is C49H39N. The van der Waals surface area contributed by atoms with Gasteiger partial charge < -0.3 is 4.90 Å². The van der Waals surface area contributed by atoms with Crippen LogP contribution in [-0.2, 0) is 0 Å². The van der Waals surface area contributed by atoms with Crippen molar-refractivity contribution in [3.63, 3.8) is 0 Å². The van der Waals surface area contributed by atoms with E-state index in [0.29, 0.717) is 5.92 Å². The van der Waals surface area contributed by atoms with Crippen LogP contribution in [0.4, 0.5) is 11.4 Å². The highest BCUT2D eigenvalue weighted by Gasteiger charge is 2.30. The van der Waals surface area contributed by atoms with Crippen LogP contribution in [0.25, 0.3) is 49.9 Å². The predicted octanol–water partition coefficient (Wildman–Crippen LogP) is 13.3. The van der Waals surface area contributed by atoms with E-state index in [1.54, 1.807) is 0 Å². The molecule has 0 N–H and O–H groups in total. The van der Waals surface area contributed by atoms with Gasteiger partial charge in [-0.25, -0.2) is 0 Å². The van der Waals surface area contributed by atoms with E-state index in [4.69, 9.17) is 0 Å². The molecule has 7 aromatic carbocycles. The molecule has 240 valence electrons. The second-order valence-corrected chi connectivity index (χ2v) is 13.7.